The number of carboxylic acid groups (broad SMARTS) is 1. The van der Waals surface area contributed by atoms with Gasteiger partial charge in [-0.25, -0.2) is 0 Å². The third kappa shape index (κ3) is 1.17. The van der Waals surface area contributed by atoms with Gasteiger partial charge >= 0.3 is 12.1 Å². The standard InChI is InChI=1S/C11H11F3N2O2/c1-16-7(6(2-15-16)11(12,13)14)9-3-10(4-9,5-9)8(17)18/h2H,3-5H2,1H3,(H,17,18). The second-order valence-electron chi connectivity index (χ2n) is 5.42. The summed E-state index contributed by atoms with van der Waals surface area (Å²) in [6, 6.07) is 0. The van der Waals surface area contributed by atoms with Gasteiger partial charge in [-0.05, 0) is 19.3 Å². The summed E-state index contributed by atoms with van der Waals surface area (Å²) in [5.41, 5.74) is -2.01. The zero-order chi connectivity index (χ0) is 13.3. The van der Waals surface area contributed by atoms with Gasteiger partial charge in [0.05, 0.1) is 22.9 Å². The lowest BCUT2D eigenvalue weighted by Gasteiger charge is -2.68. The maximum Gasteiger partial charge on any atom is 0.419 e. The topological polar surface area (TPSA) is 55.1 Å². The molecule has 7 heteroatoms. The summed E-state index contributed by atoms with van der Waals surface area (Å²) in [5.74, 6) is -0.903. The molecule has 0 atom stereocenters. The summed E-state index contributed by atoms with van der Waals surface area (Å²) in [7, 11) is 1.47. The molecule has 0 radical (unpaired) electrons. The third-order valence-corrected chi connectivity index (χ3v) is 4.23. The maximum atomic E-state index is 12.9. The highest BCUT2D eigenvalue weighted by Crippen LogP contribution is 2.74. The fourth-order valence-electron chi connectivity index (χ4n) is 3.54. The van der Waals surface area contributed by atoms with Crippen LogP contribution in [-0.4, -0.2) is 20.9 Å². The van der Waals surface area contributed by atoms with Crippen molar-refractivity contribution in [2.75, 3.05) is 0 Å². The zero-order valence-electron chi connectivity index (χ0n) is 9.58. The molecule has 3 aliphatic rings. The van der Waals surface area contributed by atoms with E-state index >= 15 is 0 Å². The van der Waals surface area contributed by atoms with Crippen LogP contribution in [0, 0.1) is 5.41 Å². The first-order chi connectivity index (χ1) is 8.20. The molecule has 0 saturated heterocycles. The van der Waals surface area contributed by atoms with E-state index in [2.05, 4.69) is 5.10 Å². The molecule has 1 N–H and O–H groups in total. The SMILES string of the molecule is Cn1ncc(C(F)(F)F)c1C12CC(C(=O)O)(C1)C2. The molecule has 0 amide bonds. The van der Waals surface area contributed by atoms with Gasteiger partial charge in [0.2, 0.25) is 0 Å². The van der Waals surface area contributed by atoms with Gasteiger partial charge in [-0.2, -0.15) is 18.3 Å². The Hall–Kier alpha value is -1.53. The minimum atomic E-state index is -4.44. The Morgan fingerprint density at radius 3 is 2.44 bits per heavy atom. The smallest absolute Gasteiger partial charge is 0.419 e. The van der Waals surface area contributed by atoms with Crippen LogP contribution in [0.3, 0.4) is 0 Å². The molecular formula is C11H11F3N2O2. The van der Waals surface area contributed by atoms with Crippen LogP contribution in [0.1, 0.15) is 30.5 Å². The van der Waals surface area contributed by atoms with Gasteiger partial charge in [0.1, 0.15) is 0 Å². The van der Waals surface area contributed by atoms with E-state index in [1.54, 1.807) is 0 Å². The molecule has 98 valence electrons. The molecule has 3 saturated carbocycles. The fourth-order valence-corrected chi connectivity index (χ4v) is 3.54. The molecule has 3 aliphatic carbocycles. The molecule has 4 nitrogen and oxygen atoms in total. The number of aromatic nitrogens is 2. The minimum Gasteiger partial charge on any atom is -0.481 e. The van der Waals surface area contributed by atoms with Crippen molar-refractivity contribution >= 4 is 5.97 Å². The molecule has 0 spiro atoms. The summed E-state index contributed by atoms with van der Waals surface area (Å²) in [4.78, 5) is 11.0. The van der Waals surface area contributed by atoms with Crippen molar-refractivity contribution in [2.45, 2.75) is 30.9 Å². The van der Waals surface area contributed by atoms with Crippen LogP contribution in [0.5, 0.6) is 0 Å². The van der Waals surface area contributed by atoms with Crippen molar-refractivity contribution < 1.29 is 23.1 Å². The first-order valence-corrected chi connectivity index (χ1v) is 5.53. The van der Waals surface area contributed by atoms with E-state index in [9.17, 15) is 18.0 Å². The maximum absolute atomic E-state index is 12.9. The Balaban J connectivity index is 1.97. The predicted octanol–water partition coefficient (Wildman–Crippen LogP) is 1.95. The summed E-state index contributed by atoms with van der Waals surface area (Å²) >= 11 is 0. The number of halogens is 3. The van der Waals surface area contributed by atoms with E-state index in [0.717, 1.165) is 6.20 Å². The lowest BCUT2D eigenvalue weighted by atomic mass is 9.34. The third-order valence-electron chi connectivity index (χ3n) is 4.23. The minimum absolute atomic E-state index is 0.137. The number of nitrogens with zero attached hydrogens (tertiary/aromatic N) is 2. The average molecular weight is 260 g/mol. The average Bonchev–Trinajstić information content (AvgIpc) is 2.42. The second-order valence-corrected chi connectivity index (χ2v) is 5.42. The van der Waals surface area contributed by atoms with Crippen molar-refractivity contribution in [1.82, 2.24) is 9.78 Å². The number of carbonyl (C=O) groups is 1. The Morgan fingerprint density at radius 2 is 2.00 bits per heavy atom. The molecular weight excluding hydrogens is 249 g/mol. The molecule has 3 fully saturated rings. The lowest BCUT2D eigenvalue weighted by molar-refractivity contribution is -0.197. The van der Waals surface area contributed by atoms with Crippen molar-refractivity contribution in [1.29, 1.82) is 0 Å². The van der Waals surface area contributed by atoms with Gasteiger partial charge in [0.15, 0.2) is 0 Å². The molecule has 0 aliphatic heterocycles. The monoisotopic (exact) mass is 260 g/mol. The molecule has 0 aromatic carbocycles. The molecule has 2 bridgehead atoms. The van der Waals surface area contributed by atoms with Crippen molar-refractivity contribution in [3.63, 3.8) is 0 Å². The van der Waals surface area contributed by atoms with Crippen molar-refractivity contribution in [3.8, 4) is 0 Å². The number of carboxylic acids is 1. The number of rotatable bonds is 2. The number of hydrogen-bond acceptors (Lipinski definition) is 2. The van der Waals surface area contributed by atoms with Gasteiger partial charge < -0.3 is 5.11 Å². The highest BCUT2D eigenvalue weighted by atomic mass is 19.4. The van der Waals surface area contributed by atoms with Gasteiger partial charge in [-0.1, -0.05) is 0 Å². The molecule has 18 heavy (non-hydrogen) atoms. The summed E-state index contributed by atoms with van der Waals surface area (Å²) < 4.78 is 39.8. The van der Waals surface area contributed by atoms with Crippen LogP contribution in [0.15, 0.2) is 6.20 Å². The molecule has 1 aromatic rings. The second kappa shape index (κ2) is 2.89. The normalized spacial score (nSPS) is 33.8. The lowest BCUT2D eigenvalue weighted by Crippen LogP contribution is -2.68. The van der Waals surface area contributed by atoms with Gasteiger partial charge in [0, 0.05) is 12.5 Å². The molecule has 1 heterocycles. The first-order valence-electron chi connectivity index (χ1n) is 5.53. The predicted molar refractivity (Wildman–Crippen MR) is 53.8 cm³/mol. The van der Waals surface area contributed by atoms with Crippen LogP contribution in [0.25, 0.3) is 0 Å². The Bertz CT molecular complexity index is 527. The van der Waals surface area contributed by atoms with Gasteiger partial charge in [-0.15, -0.1) is 0 Å². The largest absolute Gasteiger partial charge is 0.481 e. The molecule has 4 rings (SSSR count). The summed E-state index contributed by atoms with van der Waals surface area (Å²) in [6.45, 7) is 0. The Kier molecular flexibility index (Phi) is 1.86. The Morgan fingerprint density at radius 1 is 1.44 bits per heavy atom. The zero-order valence-corrected chi connectivity index (χ0v) is 9.58. The highest BCUT2D eigenvalue weighted by Gasteiger charge is 2.74. The highest BCUT2D eigenvalue weighted by molar-refractivity contribution is 5.80. The van der Waals surface area contributed by atoms with Crippen LogP contribution in [0.2, 0.25) is 0 Å². The van der Waals surface area contributed by atoms with Crippen molar-refractivity contribution in [2.24, 2.45) is 12.5 Å². The van der Waals surface area contributed by atoms with E-state index in [4.69, 9.17) is 5.11 Å². The quantitative estimate of drug-likeness (QED) is 0.884. The van der Waals surface area contributed by atoms with E-state index in [-0.39, 0.29) is 25.0 Å². The number of aryl methyl sites for hydroxylation is 1. The fraction of sp³-hybridized carbons (Fsp3) is 0.636. The molecule has 1 aromatic heterocycles. The van der Waals surface area contributed by atoms with Gasteiger partial charge in [-0.3, -0.25) is 9.48 Å². The summed E-state index contributed by atoms with van der Waals surface area (Å²) in [6.07, 6.45) is -2.74. The van der Waals surface area contributed by atoms with E-state index in [1.807, 2.05) is 0 Å². The first kappa shape index (κ1) is 11.6. The number of aliphatic carboxylic acids is 1. The molecule has 0 unspecified atom stereocenters. The van der Waals surface area contributed by atoms with Crippen LogP contribution in [-0.2, 0) is 23.4 Å². The van der Waals surface area contributed by atoms with Crippen LogP contribution in [0.4, 0.5) is 13.2 Å². The Labute approximate surface area is 100 Å². The van der Waals surface area contributed by atoms with E-state index in [1.165, 1.54) is 11.7 Å². The van der Waals surface area contributed by atoms with E-state index in [0.29, 0.717) is 0 Å². The van der Waals surface area contributed by atoms with Crippen LogP contribution >= 0.6 is 0 Å². The van der Waals surface area contributed by atoms with Crippen LogP contribution < -0.4 is 0 Å². The summed E-state index contributed by atoms with van der Waals surface area (Å²) in [5, 5.41) is 12.7. The number of alkyl halides is 3. The number of hydrogen-bond donors (Lipinski definition) is 1. The van der Waals surface area contributed by atoms with Gasteiger partial charge in [0.25, 0.3) is 0 Å². The van der Waals surface area contributed by atoms with Crippen molar-refractivity contribution in [3.05, 3.63) is 17.5 Å². The van der Waals surface area contributed by atoms with E-state index < -0.39 is 28.5 Å².